The van der Waals surface area contributed by atoms with Gasteiger partial charge >= 0.3 is 0 Å². The van der Waals surface area contributed by atoms with Gasteiger partial charge in [-0.15, -0.1) is 0 Å². The fraction of sp³-hybridized carbons (Fsp3) is 0.312. The van der Waals surface area contributed by atoms with Crippen LogP contribution < -0.4 is 20.7 Å². The van der Waals surface area contributed by atoms with Gasteiger partial charge in [0.15, 0.2) is 11.6 Å². The number of aromatic nitrogens is 2. The number of nitrogens with zero attached hydrogens (tertiary/aromatic N) is 4. The third kappa shape index (κ3) is 3.35. The number of hydrogen-bond donors (Lipinski definition) is 2. The van der Waals surface area contributed by atoms with Crippen LogP contribution in [-0.2, 0) is 0 Å². The van der Waals surface area contributed by atoms with Crippen LogP contribution in [0.2, 0.25) is 5.02 Å². The second kappa shape index (κ2) is 6.91. The summed E-state index contributed by atoms with van der Waals surface area (Å²) in [6, 6.07) is 9.25. The zero-order chi connectivity index (χ0) is 17.1. The highest BCUT2D eigenvalue weighted by Gasteiger charge is 2.26. The van der Waals surface area contributed by atoms with Crippen LogP contribution in [0, 0.1) is 11.3 Å². The quantitative estimate of drug-likeness (QED) is 0.877. The lowest BCUT2D eigenvalue weighted by molar-refractivity contribution is 0.413. The molecule has 1 aliphatic rings. The van der Waals surface area contributed by atoms with E-state index in [1.165, 1.54) is 0 Å². The molecule has 1 fully saturated rings. The second-order valence-electron chi connectivity index (χ2n) is 5.49. The Labute approximate surface area is 145 Å². The van der Waals surface area contributed by atoms with Crippen LogP contribution in [0.25, 0.3) is 0 Å². The first-order valence-corrected chi connectivity index (χ1v) is 7.87. The number of halogens is 1. The van der Waals surface area contributed by atoms with Crippen LogP contribution in [-0.4, -0.2) is 36.2 Å². The summed E-state index contributed by atoms with van der Waals surface area (Å²) in [6.07, 6.45) is 0.870. The molecular formula is C16H17ClN6O. The lowest BCUT2D eigenvalue weighted by Crippen LogP contribution is -2.27. The molecule has 0 spiro atoms. The summed E-state index contributed by atoms with van der Waals surface area (Å²) < 4.78 is 5.51. The van der Waals surface area contributed by atoms with Gasteiger partial charge in [0, 0.05) is 29.8 Å². The van der Waals surface area contributed by atoms with E-state index in [9.17, 15) is 5.26 Å². The Hall–Kier alpha value is -2.56. The van der Waals surface area contributed by atoms with Gasteiger partial charge in [0.25, 0.3) is 0 Å². The third-order valence-corrected chi connectivity index (χ3v) is 4.03. The molecule has 1 atom stereocenters. The van der Waals surface area contributed by atoms with E-state index in [2.05, 4.69) is 15.3 Å². The van der Waals surface area contributed by atoms with Crippen molar-refractivity contribution in [2.75, 3.05) is 30.4 Å². The summed E-state index contributed by atoms with van der Waals surface area (Å²) in [4.78, 5) is 10.6. The molecule has 24 heavy (non-hydrogen) atoms. The van der Waals surface area contributed by atoms with Gasteiger partial charge in [0.2, 0.25) is 11.6 Å². The zero-order valence-electron chi connectivity index (χ0n) is 13.2. The molecule has 2 aromatic rings. The number of methoxy groups -OCH3 is 1. The Balaban J connectivity index is 2.01. The molecule has 7 nitrogen and oxygen atoms in total. The van der Waals surface area contributed by atoms with Crippen LogP contribution in [0.1, 0.15) is 12.2 Å². The fourth-order valence-electron chi connectivity index (χ4n) is 2.63. The van der Waals surface area contributed by atoms with Crippen molar-refractivity contribution < 1.29 is 4.74 Å². The highest BCUT2D eigenvalue weighted by molar-refractivity contribution is 6.30. The summed E-state index contributed by atoms with van der Waals surface area (Å²) in [5.74, 6) is 1.57. The smallest absolute Gasteiger partial charge is 0.236 e. The van der Waals surface area contributed by atoms with Crippen molar-refractivity contribution in [3.05, 3.63) is 35.1 Å². The minimum atomic E-state index is 0.0720. The molecule has 1 aromatic carbocycles. The normalized spacial score (nSPS) is 16.8. The summed E-state index contributed by atoms with van der Waals surface area (Å²) in [5.41, 5.74) is 6.76. The molecule has 2 heterocycles. The average Bonchev–Trinajstić information content (AvgIpc) is 3.02. The van der Waals surface area contributed by atoms with Crippen LogP contribution >= 0.6 is 11.6 Å². The van der Waals surface area contributed by atoms with E-state index in [-0.39, 0.29) is 11.9 Å². The SMILES string of the molecule is COc1c(Nc2ccc(Cl)cc2)nc(C#N)nc1N1CC[C@H](N)C1. The molecule has 3 rings (SSSR count). The van der Waals surface area contributed by atoms with Crippen molar-refractivity contribution >= 4 is 28.9 Å². The van der Waals surface area contributed by atoms with Crippen LogP contribution in [0.3, 0.4) is 0 Å². The van der Waals surface area contributed by atoms with Crippen molar-refractivity contribution in [1.29, 1.82) is 5.26 Å². The minimum absolute atomic E-state index is 0.0720. The highest BCUT2D eigenvalue weighted by atomic mass is 35.5. The topological polar surface area (TPSA) is 100 Å². The zero-order valence-corrected chi connectivity index (χ0v) is 13.9. The molecule has 0 radical (unpaired) electrons. The highest BCUT2D eigenvalue weighted by Crippen LogP contribution is 2.36. The monoisotopic (exact) mass is 344 g/mol. The largest absolute Gasteiger partial charge is 0.490 e. The van der Waals surface area contributed by atoms with Gasteiger partial charge in [-0.05, 0) is 30.7 Å². The molecule has 1 aliphatic heterocycles. The van der Waals surface area contributed by atoms with E-state index in [4.69, 9.17) is 22.1 Å². The minimum Gasteiger partial charge on any atom is -0.490 e. The Bertz CT molecular complexity index is 773. The van der Waals surface area contributed by atoms with E-state index in [1.807, 2.05) is 23.1 Å². The summed E-state index contributed by atoms with van der Waals surface area (Å²) in [5, 5.41) is 13.0. The standard InChI is InChI=1S/C16H17ClN6O/c1-24-14-15(20-12-4-2-10(17)3-5-12)21-13(8-18)22-16(14)23-7-6-11(19)9-23/h2-5,11H,6-7,9,19H2,1H3,(H,20,21,22)/t11-/m0/s1. The first-order chi connectivity index (χ1) is 11.6. The average molecular weight is 345 g/mol. The molecule has 0 saturated carbocycles. The van der Waals surface area contributed by atoms with E-state index < -0.39 is 0 Å². The predicted molar refractivity (Wildman–Crippen MR) is 92.8 cm³/mol. The number of nitrogens with two attached hydrogens (primary N) is 1. The van der Waals surface area contributed by atoms with Gasteiger partial charge in [0.1, 0.15) is 6.07 Å². The van der Waals surface area contributed by atoms with Crippen molar-refractivity contribution in [2.45, 2.75) is 12.5 Å². The Morgan fingerprint density at radius 2 is 2.12 bits per heavy atom. The van der Waals surface area contributed by atoms with Crippen LogP contribution in [0.4, 0.5) is 17.3 Å². The van der Waals surface area contributed by atoms with Gasteiger partial charge < -0.3 is 20.7 Å². The van der Waals surface area contributed by atoms with Gasteiger partial charge in [-0.25, -0.2) is 0 Å². The van der Waals surface area contributed by atoms with Crippen molar-refractivity contribution in [3.8, 4) is 11.8 Å². The summed E-state index contributed by atoms with van der Waals surface area (Å²) in [7, 11) is 1.55. The Morgan fingerprint density at radius 3 is 2.71 bits per heavy atom. The first kappa shape index (κ1) is 16.3. The van der Waals surface area contributed by atoms with Crippen molar-refractivity contribution in [2.24, 2.45) is 5.73 Å². The van der Waals surface area contributed by atoms with Gasteiger partial charge in [-0.2, -0.15) is 15.2 Å². The second-order valence-corrected chi connectivity index (χ2v) is 5.93. The van der Waals surface area contributed by atoms with Gasteiger partial charge in [-0.1, -0.05) is 11.6 Å². The molecule has 1 aromatic heterocycles. The molecule has 1 saturated heterocycles. The van der Waals surface area contributed by atoms with E-state index in [0.717, 1.165) is 18.7 Å². The maximum Gasteiger partial charge on any atom is 0.236 e. The maximum absolute atomic E-state index is 9.24. The van der Waals surface area contributed by atoms with E-state index >= 15 is 0 Å². The summed E-state index contributed by atoms with van der Waals surface area (Å²) >= 11 is 5.91. The number of nitriles is 1. The summed E-state index contributed by atoms with van der Waals surface area (Å²) in [6.45, 7) is 1.43. The number of benzene rings is 1. The van der Waals surface area contributed by atoms with E-state index in [0.29, 0.717) is 29.0 Å². The molecule has 0 unspecified atom stereocenters. The molecule has 0 amide bonds. The molecule has 0 aliphatic carbocycles. The van der Waals surface area contributed by atoms with Crippen molar-refractivity contribution in [1.82, 2.24) is 9.97 Å². The molecule has 3 N–H and O–H groups in total. The third-order valence-electron chi connectivity index (χ3n) is 3.78. The predicted octanol–water partition coefficient (Wildman–Crippen LogP) is 2.29. The molecular weight excluding hydrogens is 328 g/mol. The molecule has 8 heteroatoms. The number of anilines is 3. The number of hydrogen-bond acceptors (Lipinski definition) is 7. The van der Waals surface area contributed by atoms with Gasteiger partial charge in [0.05, 0.1) is 7.11 Å². The van der Waals surface area contributed by atoms with E-state index in [1.54, 1.807) is 19.2 Å². The lowest BCUT2D eigenvalue weighted by Gasteiger charge is -2.21. The number of nitrogens with one attached hydrogen (secondary N) is 1. The van der Waals surface area contributed by atoms with Crippen molar-refractivity contribution in [3.63, 3.8) is 0 Å². The maximum atomic E-state index is 9.24. The fourth-order valence-corrected chi connectivity index (χ4v) is 2.75. The molecule has 124 valence electrons. The Morgan fingerprint density at radius 1 is 1.38 bits per heavy atom. The number of ether oxygens (including phenoxy) is 1. The Kier molecular flexibility index (Phi) is 4.69. The molecule has 0 bridgehead atoms. The van der Waals surface area contributed by atoms with Gasteiger partial charge in [-0.3, -0.25) is 0 Å². The van der Waals surface area contributed by atoms with Crippen LogP contribution in [0.5, 0.6) is 5.75 Å². The van der Waals surface area contributed by atoms with Crippen LogP contribution in [0.15, 0.2) is 24.3 Å². The first-order valence-electron chi connectivity index (χ1n) is 7.50. The number of rotatable bonds is 4. The lowest BCUT2D eigenvalue weighted by atomic mass is 10.3.